The summed E-state index contributed by atoms with van der Waals surface area (Å²) in [7, 11) is 4.41. The van der Waals surface area contributed by atoms with Crippen LogP contribution in [0.1, 0.15) is 30.1 Å². The van der Waals surface area contributed by atoms with Crippen molar-refractivity contribution in [3.8, 4) is 17.2 Å². The first kappa shape index (κ1) is 18.9. The normalized spacial score (nSPS) is 17.0. The number of methoxy groups -OCH3 is 3. The topological polar surface area (TPSA) is 74.3 Å². The van der Waals surface area contributed by atoms with E-state index in [2.05, 4.69) is 6.92 Å². The van der Waals surface area contributed by atoms with Crippen molar-refractivity contribution >= 4 is 11.9 Å². The van der Waals surface area contributed by atoms with E-state index in [4.69, 9.17) is 18.9 Å². The van der Waals surface area contributed by atoms with Crippen LogP contribution in [-0.2, 0) is 9.53 Å². The molecule has 1 aromatic rings. The van der Waals surface area contributed by atoms with Crippen molar-refractivity contribution in [1.29, 1.82) is 0 Å². The van der Waals surface area contributed by atoms with Crippen LogP contribution in [0.2, 0.25) is 0 Å². The third kappa shape index (κ3) is 4.55. The highest BCUT2D eigenvalue weighted by Gasteiger charge is 2.23. The molecule has 1 aromatic carbocycles. The van der Waals surface area contributed by atoms with Crippen LogP contribution >= 0.6 is 0 Å². The van der Waals surface area contributed by atoms with Crippen LogP contribution in [-0.4, -0.2) is 57.8 Å². The highest BCUT2D eigenvalue weighted by molar-refractivity contribution is 5.92. The van der Waals surface area contributed by atoms with Crippen LogP contribution in [0.5, 0.6) is 17.2 Å². The molecule has 0 aromatic heterocycles. The first-order chi connectivity index (χ1) is 12.0. The largest absolute Gasteiger partial charge is 0.493 e. The van der Waals surface area contributed by atoms with Gasteiger partial charge in [-0.3, -0.25) is 4.79 Å². The van der Waals surface area contributed by atoms with Gasteiger partial charge in [-0.15, -0.1) is 0 Å². The Hall–Kier alpha value is -2.44. The molecule has 1 aliphatic rings. The molecule has 1 fully saturated rings. The molecular weight excluding hydrogens is 326 g/mol. The molecular formula is C18H25NO6. The molecule has 1 amide bonds. The zero-order valence-corrected chi connectivity index (χ0v) is 15.2. The molecule has 0 spiro atoms. The fraction of sp³-hybridized carbons (Fsp3) is 0.556. The Kier molecular flexibility index (Phi) is 6.50. The number of benzene rings is 1. The lowest BCUT2D eigenvalue weighted by atomic mass is 10.0. The van der Waals surface area contributed by atoms with Crippen molar-refractivity contribution < 1.29 is 28.5 Å². The molecule has 138 valence electrons. The summed E-state index contributed by atoms with van der Waals surface area (Å²) in [6, 6.07) is 2.99. The van der Waals surface area contributed by atoms with Crippen LogP contribution < -0.4 is 14.2 Å². The summed E-state index contributed by atoms with van der Waals surface area (Å²) in [5, 5.41) is 0. The summed E-state index contributed by atoms with van der Waals surface area (Å²) >= 11 is 0. The molecule has 1 heterocycles. The van der Waals surface area contributed by atoms with Gasteiger partial charge in [-0.1, -0.05) is 6.92 Å². The highest BCUT2D eigenvalue weighted by atomic mass is 16.5. The van der Waals surface area contributed by atoms with E-state index in [0.717, 1.165) is 12.8 Å². The lowest BCUT2D eigenvalue weighted by molar-refractivity contribution is -0.136. The Morgan fingerprint density at radius 3 is 2.28 bits per heavy atom. The average Bonchev–Trinajstić information content (AvgIpc) is 2.64. The first-order valence-electron chi connectivity index (χ1n) is 8.25. The monoisotopic (exact) mass is 351 g/mol. The van der Waals surface area contributed by atoms with Gasteiger partial charge in [0.15, 0.2) is 18.1 Å². The lowest BCUT2D eigenvalue weighted by Crippen LogP contribution is -2.41. The second kappa shape index (κ2) is 8.60. The Labute approximate surface area is 147 Å². The van der Waals surface area contributed by atoms with Crippen molar-refractivity contribution in [3.63, 3.8) is 0 Å². The minimum Gasteiger partial charge on any atom is -0.493 e. The number of nitrogens with zero attached hydrogens (tertiary/aromatic N) is 1. The number of esters is 1. The standard InChI is InChI=1S/C18H25NO6/c1-12-6-5-7-19(10-12)16(20)11-25-18(21)13-8-14(22-2)17(24-4)15(9-13)23-3/h8-9,12H,5-7,10-11H2,1-4H3/t12-/m0/s1. The molecule has 0 radical (unpaired) electrons. The number of hydrogen-bond acceptors (Lipinski definition) is 6. The van der Waals surface area contributed by atoms with Crippen LogP contribution in [0.4, 0.5) is 0 Å². The van der Waals surface area contributed by atoms with Gasteiger partial charge in [0, 0.05) is 13.1 Å². The van der Waals surface area contributed by atoms with Crippen molar-refractivity contribution in [2.24, 2.45) is 5.92 Å². The maximum Gasteiger partial charge on any atom is 0.338 e. The van der Waals surface area contributed by atoms with E-state index >= 15 is 0 Å². The number of hydrogen-bond donors (Lipinski definition) is 0. The summed E-state index contributed by atoms with van der Waals surface area (Å²) in [5.74, 6) is 0.781. The molecule has 0 unspecified atom stereocenters. The Morgan fingerprint density at radius 1 is 1.12 bits per heavy atom. The molecule has 7 heteroatoms. The molecule has 25 heavy (non-hydrogen) atoms. The van der Waals surface area contributed by atoms with Crippen molar-refractivity contribution in [2.75, 3.05) is 41.0 Å². The van der Waals surface area contributed by atoms with Gasteiger partial charge in [0.25, 0.3) is 5.91 Å². The molecule has 0 saturated carbocycles. The zero-order chi connectivity index (χ0) is 18.4. The summed E-state index contributed by atoms with van der Waals surface area (Å²) in [4.78, 5) is 26.2. The first-order valence-corrected chi connectivity index (χ1v) is 8.25. The molecule has 1 atom stereocenters. The van der Waals surface area contributed by atoms with Crippen LogP contribution in [0.15, 0.2) is 12.1 Å². The molecule has 0 N–H and O–H groups in total. The average molecular weight is 351 g/mol. The molecule has 0 aliphatic carbocycles. The van der Waals surface area contributed by atoms with Gasteiger partial charge in [-0.05, 0) is 30.9 Å². The maximum absolute atomic E-state index is 12.3. The number of likely N-dealkylation sites (tertiary alicyclic amines) is 1. The summed E-state index contributed by atoms with van der Waals surface area (Å²) in [6.45, 7) is 3.26. The van der Waals surface area contributed by atoms with Crippen molar-refractivity contribution in [3.05, 3.63) is 17.7 Å². The van der Waals surface area contributed by atoms with Gasteiger partial charge in [-0.2, -0.15) is 0 Å². The van der Waals surface area contributed by atoms with Gasteiger partial charge >= 0.3 is 5.97 Å². The predicted octanol–water partition coefficient (Wildman–Crippen LogP) is 2.13. The molecule has 0 bridgehead atoms. The third-order valence-electron chi connectivity index (χ3n) is 4.24. The van der Waals surface area contributed by atoms with Crippen LogP contribution in [0.3, 0.4) is 0 Å². The summed E-state index contributed by atoms with van der Waals surface area (Å²) < 4.78 is 20.8. The van der Waals surface area contributed by atoms with Gasteiger partial charge in [0.05, 0.1) is 26.9 Å². The predicted molar refractivity (Wildman–Crippen MR) is 91.4 cm³/mol. The molecule has 1 saturated heterocycles. The van der Waals surface area contributed by atoms with Gasteiger partial charge in [0.1, 0.15) is 0 Å². The van der Waals surface area contributed by atoms with Gasteiger partial charge < -0.3 is 23.8 Å². The molecule has 1 aliphatic heterocycles. The second-order valence-corrected chi connectivity index (χ2v) is 6.08. The van der Waals surface area contributed by atoms with E-state index in [1.54, 1.807) is 4.90 Å². The fourth-order valence-electron chi connectivity index (χ4n) is 2.92. The molecule has 2 rings (SSSR count). The van der Waals surface area contributed by atoms with E-state index in [0.29, 0.717) is 36.3 Å². The lowest BCUT2D eigenvalue weighted by Gasteiger charge is -2.30. The maximum atomic E-state index is 12.3. The number of rotatable bonds is 6. The van der Waals surface area contributed by atoms with E-state index in [1.807, 2.05) is 0 Å². The second-order valence-electron chi connectivity index (χ2n) is 6.08. The minimum absolute atomic E-state index is 0.174. The van der Waals surface area contributed by atoms with Crippen molar-refractivity contribution in [1.82, 2.24) is 4.90 Å². The smallest absolute Gasteiger partial charge is 0.338 e. The van der Waals surface area contributed by atoms with E-state index in [9.17, 15) is 9.59 Å². The Bertz CT molecular complexity index is 605. The number of amides is 1. The van der Waals surface area contributed by atoms with E-state index < -0.39 is 5.97 Å². The SMILES string of the molecule is COc1cc(C(=O)OCC(=O)N2CCC[C@H](C)C2)cc(OC)c1OC. The minimum atomic E-state index is -0.613. The Balaban J connectivity index is 2.04. The zero-order valence-electron chi connectivity index (χ0n) is 15.2. The summed E-state index contributed by atoms with van der Waals surface area (Å²) in [5.41, 5.74) is 0.231. The Morgan fingerprint density at radius 2 is 1.76 bits per heavy atom. The highest BCUT2D eigenvalue weighted by Crippen LogP contribution is 2.38. The van der Waals surface area contributed by atoms with Crippen molar-refractivity contribution in [2.45, 2.75) is 19.8 Å². The van der Waals surface area contributed by atoms with E-state index in [-0.39, 0.29) is 18.1 Å². The number of piperidine rings is 1. The van der Waals surface area contributed by atoms with Crippen LogP contribution in [0.25, 0.3) is 0 Å². The quantitative estimate of drug-likeness (QED) is 0.731. The van der Waals surface area contributed by atoms with Crippen LogP contribution in [0, 0.1) is 5.92 Å². The van der Waals surface area contributed by atoms with Gasteiger partial charge in [-0.25, -0.2) is 4.79 Å². The fourth-order valence-corrected chi connectivity index (χ4v) is 2.92. The van der Waals surface area contributed by atoms with E-state index in [1.165, 1.54) is 33.5 Å². The number of carbonyl (C=O) groups is 2. The third-order valence-corrected chi connectivity index (χ3v) is 4.24. The van der Waals surface area contributed by atoms with Gasteiger partial charge in [0.2, 0.25) is 5.75 Å². The molecule has 7 nitrogen and oxygen atoms in total. The number of ether oxygens (including phenoxy) is 4. The summed E-state index contributed by atoms with van der Waals surface area (Å²) in [6.07, 6.45) is 2.10. The number of carbonyl (C=O) groups excluding carboxylic acids is 2.